The van der Waals surface area contributed by atoms with Crippen molar-refractivity contribution in [2.75, 3.05) is 16.6 Å². The van der Waals surface area contributed by atoms with Crippen molar-refractivity contribution in [3.8, 4) is 5.75 Å². The summed E-state index contributed by atoms with van der Waals surface area (Å²) < 4.78 is 32.9. The number of carbonyl (C=O) groups excluding carboxylic acids is 1. The Bertz CT molecular complexity index is 1120. The highest BCUT2D eigenvalue weighted by Gasteiger charge is 2.17. The highest BCUT2D eigenvalue weighted by molar-refractivity contribution is 7.92. The lowest BCUT2D eigenvalue weighted by molar-refractivity contribution is -0.118. The fourth-order valence-corrected chi connectivity index (χ4v) is 3.91. The molecule has 0 aromatic heterocycles. The maximum Gasteiger partial charge on any atom is 0.262 e. The summed E-state index contributed by atoms with van der Waals surface area (Å²) in [6.07, 6.45) is 0. The van der Waals surface area contributed by atoms with E-state index in [1.54, 1.807) is 36.4 Å². The summed E-state index contributed by atoms with van der Waals surface area (Å²) >= 11 is 6.16. The first kappa shape index (κ1) is 20.7. The van der Waals surface area contributed by atoms with Crippen LogP contribution >= 0.6 is 11.6 Å². The Balaban J connectivity index is 1.65. The molecule has 0 unspecified atom stereocenters. The van der Waals surface area contributed by atoms with E-state index in [9.17, 15) is 13.2 Å². The predicted octanol–water partition coefficient (Wildman–Crippen LogP) is 4.47. The van der Waals surface area contributed by atoms with Crippen LogP contribution in [-0.4, -0.2) is 20.9 Å². The van der Waals surface area contributed by atoms with Crippen LogP contribution in [0.3, 0.4) is 0 Å². The zero-order valence-corrected chi connectivity index (χ0v) is 17.1. The molecule has 8 heteroatoms. The fourth-order valence-electron chi connectivity index (χ4n) is 2.53. The molecule has 3 aromatic carbocycles. The smallest absolute Gasteiger partial charge is 0.262 e. The normalized spacial score (nSPS) is 11.0. The molecule has 0 aliphatic heterocycles. The van der Waals surface area contributed by atoms with Gasteiger partial charge in [-0.15, -0.1) is 0 Å². The molecule has 0 atom stereocenters. The van der Waals surface area contributed by atoms with Gasteiger partial charge in [0.05, 0.1) is 9.92 Å². The largest absolute Gasteiger partial charge is 0.482 e. The number of amides is 1. The van der Waals surface area contributed by atoms with Gasteiger partial charge < -0.3 is 10.1 Å². The number of nitrogens with one attached hydrogen (secondary N) is 2. The summed E-state index contributed by atoms with van der Waals surface area (Å²) in [7, 11) is -3.80. The van der Waals surface area contributed by atoms with E-state index < -0.39 is 10.0 Å². The third-order valence-electron chi connectivity index (χ3n) is 4.02. The molecule has 0 saturated heterocycles. The van der Waals surface area contributed by atoms with E-state index in [4.69, 9.17) is 16.3 Å². The van der Waals surface area contributed by atoms with Crippen molar-refractivity contribution in [2.45, 2.75) is 11.8 Å². The number of benzene rings is 3. The van der Waals surface area contributed by atoms with Gasteiger partial charge >= 0.3 is 0 Å². The van der Waals surface area contributed by atoms with Gasteiger partial charge in [0.1, 0.15) is 5.75 Å². The molecular formula is C21H19ClN2O4S. The average molecular weight is 431 g/mol. The molecule has 0 heterocycles. The fraction of sp³-hybridized carbons (Fsp3) is 0.0952. The van der Waals surface area contributed by atoms with Gasteiger partial charge in [0.25, 0.3) is 15.9 Å². The topological polar surface area (TPSA) is 84.5 Å². The molecule has 29 heavy (non-hydrogen) atoms. The molecular weight excluding hydrogens is 412 g/mol. The monoisotopic (exact) mass is 430 g/mol. The second-order valence-corrected chi connectivity index (χ2v) is 8.31. The average Bonchev–Trinajstić information content (AvgIpc) is 2.69. The van der Waals surface area contributed by atoms with Gasteiger partial charge in [0.15, 0.2) is 6.61 Å². The molecule has 2 N–H and O–H groups in total. The first-order valence-electron chi connectivity index (χ1n) is 8.71. The number of carbonyl (C=O) groups is 1. The summed E-state index contributed by atoms with van der Waals surface area (Å²) in [4.78, 5) is 12.1. The standard InChI is InChI=1S/C21H19ClN2O4S/c1-15-7-5-6-10-19(15)23-21(25)14-28-20-12-11-17(13-18(20)22)29(26,27)24-16-8-3-2-4-9-16/h2-13,24H,14H2,1H3,(H,23,25). The van der Waals surface area contributed by atoms with Gasteiger partial charge in [-0.25, -0.2) is 8.42 Å². The molecule has 6 nitrogen and oxygen atoms in total. The molecule has 0 fully saturated rings. The Hall–Kier alpha value is -3.03. The van der Waals surface area contributed by atoms with Crippen LogP contribution < -0.4 is 14.8 Å². The van der Waals surface area contributed by atoms with Crippen molar-refractivity contribution in [1.82, 2.24) is 0 Å². The van der Waals surface area contributed by atoms with E-state index in [2.05, 4.69) is 10.0 Å². The van der Waals surface area contributed by atoms with Gasteiger partial charge in [-0.1, -0.05) is 48.0 Å². The van der Waals surface area contributed by atoms with Crippen LogP contribution in [0.15, 0.2) is 77.7 Å². The maximum absolute atomic E-state index is 12.5. The Morgan fingerprint density at radius 3 is 2.38 bits per heavy atom. The summed E-state index contributed by atoms with van der Waals surface area (Å²) in [5.74, 6) is -0.136. The molecule has 1 amide bonds. The first-order valence-corrected chi connectivity index (χ1v) is 10.6. The van der Waals surface area contributed by atoms with Gasteiger partial charge in [0, 0.05) is 11.4 Å². The second-order valence-electron chi connectivity index (χ2n) is 6.22. The predicted molar refractivity (Wildman–Crippen MR) is 114 cm³/mol. The van der Waals surface area contributed by atoms with Crippen LogP contribution in [0.4, 0.5) is 11.4 Å². The van der Waals surface area contributed by atoms with Crippen molar-refractivity contribution in [2.24, 2.45) is 0 Å². The molecule has 0 saturated carbocycles. The van der Waals surface area contributed by atoms with Crippen LogP contribution in [0.5, 0.6) is 5.75 Å². The van der Waals surface area contributed by atoms with Crippen molar-refractivity contribution >= 4 is 38.9 Å². The number of anilines is 2. The minimum Gasteiger partial charge on any atom is -0.482 e. The number of hydrogen-bond donors (Lipinski definition) is 2. The van der Waals surface area contributed by atoms with Gasteiger partial charge in [-0.05, 0) is 48.9 Å². The number of ether oxygens (including phenoxy) is 1. The zero-order chi connectivity index (χ0) is 20.9. The SMILES string of the molecule is Cc1ccccc1NC(=O)COc1ccc(S(=O)(=O)Nc2ccccc2)cc1Cl. The maximum atomic E-state index is 12.5. The molecule has 150 valence electrons. The number of hydrogen-bond acceptors (Lipinski definition) is 4. The van der Waals surface area contributed by atoms with Gasteiger partial charge in [0.2, 0.25) is 0 Å². The summed E-state index contributed by atoms with van der Waals surface area (Å²) in [6, 6.07) is 20.0. The highest BCUT2D eigenvalue weighted by atomic mass is 35.5. The number of halogens is 1. The van der Waals surface area contributed by atoms with E-state index in [1.807, 2.05) is 25.1 Å². The number of aryl methyl sites for hydroxylation is 1. The molecule has 3 aromatic rings. The van der Waals surface area contributed by atoms with E-state index in [0.717, 1.165) is 5.56 Å². The third kappa shape index (κ3) is 5.49. The van der Waals surface area contributed by atoms with Gasteiger partial charge in [-0.2, -0.15) is 0 Å². The van der Waals surface area contributed by atoms with E-state index in [0.29, 0.717) is 11.4 Å². The Labute approximate surface area is 174 Å². The molecule has 0 spiro atoms. The van der Waals surface area contributed by atoms with E-state index in [-0.39, 0.29) is 28.2 Å². The van der Waals surface area contributed by atoms with Gasteiger partial charge in [-0.3, -0.25) is 9.52 Å². The molecule has 0 radical (unpaired) electrons. The Morgan fingerprint density at radius 2 is 1.69 bits per heavy atom. The summed E-state index contributed by atoms with van der Waals surface area (Å²) in [5.41, 5.74) is 2.07. The van der Waals surface area contributed by atoms with Crippen LogP contribution in [0.25, 0.3) is 0 Å². The summed E-state index contributed by atoms with van der Waals surface area (Å²) in [6.45, 7) is 1.62. The quantitative estimate of drug-likeness (QED) is 0.579. The van der Waals surface area contributed by atoms with Crippen LogP contribution in [0.1, 0.15) is 5.56 Å². The molecule has 0 aliphatic rings. The second kappa shape index (κ2) is 8.98. The lowest BCUT2D eigenvalue weighted by Crippen LogP contribution is -2.20. The highest BCUT2D eigenvalue weighted by Crippen LogP contribution is 2.28. The molecule has 3 rings (SSSR count). The Morgan fingerprint density at radius 1 is 1.00 bits per heavy atom. The van der Waals surface area contributed by atoms with Crippen molar-refractivity contribution in [1.29, 1.82) is 0 Å². The molecule has 0 bridgehead atoms. The third-order valence-corrected chi connectivity index (χ3v) is 5.69. The van der Waals surface area contributed by atoms with Crippen molar-refractivity contribution in [3.05, 3.63) is 83.4 Å². The van der Waals surface area contributed by atoms with Crippen LogP contribution in [0, 0.1) is 6.92 Å². The molecule has 0 aliphatic carbocycles. The summed E-state index contributed by atoms with van der Waals surface area (Å²) in [5, 5.41) is 2.84. The number of sulfonamides is 1. The Kier molecular flexibility index (Phi) is 6.41. The van der Waals surface area contributed by atoms with Crippen LogP contribution in [0.2, 0.25) is 5.02 Å². The number of para-hydroxylation sites is 2. The first-order chi connectivity index (χ1) is 13.8. The van der Waals surface area contributed by atoms with Crippen molar-refractivity contribution < 1.29 is 17.9 Å². The minimum absolute atomic E-state index is 0.0111. The van der Waals surface area contributed by atoms with E-state index in [1.165, 1.54) is 18.2 Å². The van der Waals surface area contributed by atoms with Crippen molar-refractivity contribution in [3.63, 3.8) is 0 Å². The van der Waals surface area contributed by atoms with E-state index >= 15 is 0 Å². The minimum atomic E-state index is -3.80. The lowest BCUT2D eigenvalue weighted by atomic mass is 10.2. The number of rotatable bonds is 7. The lowest BCUT2D eigenvalue weighted by Gasteiger charge is -2.12. The zero-order valence-electron chi connectivity index (χ0n) is 15.6. The van der Waals surface area contributed by atoms with Crippen LogP contribution in [-0.2, 0) is 14.8 Å².